The first kappa shape index (κ1) is 13.3. The maximum absolute atomic E-state index is 4.77. The third-order valence-electron chi connectivity index (χ3n) is 3.21. The molecule has 0 unspecified atom stereocenters. The van der Waals surface area contributed by atoms with Crippen LogP contribution in [-0.2, 0) is 6.54 Å². The summed E-state index contributed by atoms with van der Waals surface area (Å²) in [7, 11) is 0. The highest BCUT2D eigenvalue weighted by molar-refractivity contribution is 5.42. The summed E-state index contributed by atoms with van der Waals surface area (Å²) in [5, 5.41) is 3.49. The number of nitrogens with zero attached hydrogens (tertiary/aromatic N) is 2. The zero-order valence-electron chi connectivity index (χ0n) is 12.0. The molecule has 1 aromatic rings. The van der Waals surface area contributed by atoms with E-state index in [-0.39, 0.29) is 5.54 Å². The minimum atomic E-state index is 0.138. The molecule has 0 atom stereocenters. The normalized spacial score (nSPS) is 15.8. The van der Waals surface area contributed by atoms with E-state index in [0.29, 0.717) is 0 Å². The Kier molecular flexibility index (Phi) is 3.91. The second kappa shape index (κ2) is 5.27. The Morgan fingerprint density at radius 3 is 2.61 bits per heavy atom. The van der Waals surface area contributed by atoms with Gasteiger partial charge in [-0.25, -0.2) is 4.98 Å². The van der Waals surface area contributed by atoms with E-state index >= 15 is 0 Å². The number of anilines is 1. The van der Waals surface area contributed by atoms with Gasteiger partial charge in [0.2, 0.25) is 0 Å². The fourth-order valence-corrected chi connectivity index (χ4v) is 2.07. The second-order valence-corrected chi connectivity index (χ2v) is 6.11. The van der Waals surface area contributed by atoms with Crippen molar-refractivity contribution in [3.05, 3.63) is 23.9 Å². The van der Waals surface area contributed by atoms with Crippen LogP contribution < -0.4 is 10.2 Å². The maximum Gasteiger partial charge on any atom is 0.129 e. The molecule has 1 aliphatic carbocycles. The lowest BCUT2D eigenvalue weighted by atomic mass is 10.1. The average Bonchev–Trinajstić information content (AvgIpc) is 3.12. The molecule has 2 rings (SSSR count). The van der Waals surface area contributed by atoms with Crippen molar-refractivity contribution >= 4 is 5.82 Å². The Morgan fingerprint density at radius 2 is 2.06 bits per heavy atom. The van der Waals surface area contributed by atoms with Crippen molar-refractivity contribution < 1.29 is 0 Å². The van der Waals surface area contributed by atoms with Crippen molar-refractivity contribution in [2.45, 2.75) is 58.7 Å². The first-order chi connectivity index (χ1) is 8.49. The van der Waals surface area contributed by atoms with Crippen LogP contribution in [0.2, 0.25) is 0 Å². The third-order valence-corrected chi connectivity index (χ3v) is 3.21. The SMILES string of the molecule is CCN(c1cccc(CNC(C)(C)C)n1)C1CC1. The predicted molar refractivity (Wildman–Crippen MR) is 76.9 cm³/mol. The minimum Gasteiger partial charge on any atom is -0.354 e. The Balaban J connectivity index is 2.04. The molecule has 0 amide bonds. The van der Waals surface area contributed by atoms with Crippen LogP contribution >= 0.6 is 0 Å². The van der Waals surface area contributed by atoms with E-state index in [4.69, 9.17) is 4.98 Å². The molecule has 3 nitrogen and oxygen atoms in total. The summed E-state index contributed by atoms with van der Waals surface area (Å²) in [6.07, 6.45) is 2.64. The third kappa shape index (κ3) is 3.70. The van der Waals surface area contributed by atoms with Crippen molar-refractivity contribution in [2.75, 3.05) is 11.4 Å². The standard InChI is InChI=1S/C15H25N3/c1-5-18(13-9-10-13)14-8-6-7-12(17-14)11-16-15(2,3)4/h6-8,13,16H,5,9-11H2,1-4H3. The van der Waals surface area contributed by atoms with Gasteiger partial charge in [0.15, 0.2) is 0 Å². The van der Waals surface area contributed by atoms with Crippen LogP contribution in [0.25, 0.3) is 0 Å². The van der Waals surface area contributed by atoms with E-state index in [1.54, 1.807) is 0 Å². The topological polar surface area (TPSA) is 28.2 Å². The summed E-state index contributed by atoms with van der Waals surface area (Å²) in [5.41, 5.74) is 1.26. The molecule has 1 saturated carbocycles. The highest BCUT2D eigenvalue weighted by Gasteiger charge is 2.28. The lowest BCUT2D eigenvalue weighted by molar-refractivity contribution is 0.421. The fourth-order valence-electron chi connectivity index (χ4n) is 2.07. The van der Waals surface area contributed by atoms with Gasteiger partial charge >= 0.3 is 0 Å². The molecule has 0 saturated heterocycles. The molecule has 0 aliphatic heterocycles. The highest BCUT2D eigenvalue weighted by atomic mass is 15.2. The predicted octanol–water partition coefficient (Wildman–Crippen LogP) is 2.96. The Labute approximate surface area is 111 Å². The first-order valence-electron chi connectivity index (χ1n) is 6.97. The average molecular weight is 247 g/mol. The van der Waals surface area contributed by atoms with E-state index in [1.165, 1.54) is 12.8 Å². The summed E-state index contributed by atoms with van der Waals surface area (Å²) in [5.74, 6) is 1.13. The Morgan fingerprint density at radius 1 is 1.33 bits per heavy atom. The van der Waals surface area contributed by atoms with Gasteiger partial charge in [-0.05, 0) is 52.7 Å². The summed E-state index contributed by atoms with van der Waals surface area (Å²) in [6, 6.07) is 7.08. The van der Waals surface area contributed by atoms with E-state index in [0.717, 1.165) is 30.6 Å². The van der Waals surface area contributed by atoms with Crippen LogP contribution in [0.3, 0.4) is 0 Å². The fraction of sp³-hybridized carbons (Fsp3) is 0.667. The van der Waals surface area contributed by atoms with Crippen molar-refractivity contribution in [2.24, 2.45) is 0 Å². The van der Waals surface area contributed by atoms with Gasteiger partial charge in [-0.1, -0.05) is 6.07 Å². The summed E-state index contributed by atoms with van der Waals surface area (Å²) in [6.45, 7) is 10.6. The smallest absolute Gasteiger partial charge is 0.129 e. The molecule has 3 heteroatoms. The summed E-state index contributed by atoms with van der Waals surface area (Å²) < 4.78 is 0. The van der Waals surface area contributed by atoms with Gasteiger partial charge in [0.05, 0.1) is 5.69 Å². The molecule has 18 heavy (non-hydrogen) atoms. The Bertz CT molecular complexity index is 391. The molecule has 0 radical (unpaired) electrons. The molecule has 1 fully saturated rings. The molecule has 0 bridgehead atoms. The van der Waals surface area contributed by atoms with Crippen LogP contribution in [0.1, 0.15) is 46.2 Å². The van der Waals surface area contributed by atoms with E-state index in [2.05, 4.69) is 56.1 Å². The molecule has 0 spiro atoms. The quantitative estimate of drug-likeness (QED) is 0.867. The largest absolute Gasteiger partial charge is 0.354 e. The molecular formula is C15H25N3. The van der Waals surface area contributed by atoms with E-state index in [1.807, 2.05) is 0 Å². The van der Waals surface area contributed by atoms with Crippen molar-refractivity contribution in [1.29, 1.82) is 0 Å². The molecule has 1 aromatic heterocycles. The number of hydrogen-bond acceptors (Lipinski definition) is 3. The van der Waals surface area contributed by atoms with Crippen LogP contribution in [0.15, 0.2) is 18.2 Å². The maximum atomic E-state index is 4.77. The van der Waals surface area contributed by atoms with E-state index < -0.39 is 0 Å². The van der Waals surface area contributed by atoms with Crippen LogP contribution in [0.5, 0.6) is 0 Å². The van der Waals surface area contributed by atoms with Crippen molar-refractivity contribution in [3.8, 4) is 0 Å². The summed E-state index contributed by atoms with van der Waals surface area (Å²) in [4.78, 5) is 7.19. The number of aromatic nitrogens is 1. The van der Waals surface area contributed by atoms with Crippen molar-refractivity contribution in [1.82, 2.24) is 10.3 Å². The highest BCUT2D eigenvalue weighted by Crippen LogP contribution is 2.30. The Hall–Kier alpha value is -1.09. The lowest BCUT2D eigenvalue weighted by Gasteiger charge is -2.23. The number of rotatable bonds is 5. The molecule has 1 aliphatic rings. The van der Waals surface area contributed by atoms with Gasteiger partial charge in [-0.3, -0.25) is 0 Å². The van der Waals surface area contributed by atoms with Crippen molar-refractivity contribution in [3.63, 3.8) is 0 Å². The van der Waals surface area contributed by atoms with Gasteiger partial charge in [0.1, 0.15) is 5.82 Å². The zero-order valence-corrected chi connectivity index (χ0v) is 12.0. The van der Waals surface area contributed by atoms with Gasteiger partial charge in [0, 0.05) is 24.7 Å². The molecule has 1 N–H and O–H groups in total. The van der Waals surface area contributed by atoms with Gasteiger partial charge < -0.3 is 10.2 Å². The number of pyridine rings is 1. The number of nitrogens with one attached hydrogen (secondary N) is 1. The molecular weight excluding hydrogens is 222 g/mol. The number of hydrogen-bond donors (Lipinski definition) is 1. The second-order valence-electron chi connectivity index (χ2n) is 6.11. The van der Waals surface area contributed by atoms with E-state index in [9.17, 15) is 0 Å². The lowest BCUT2D eigenvalue weighted by Crippen LogP contribution is -2.35. The molecule has 100 valence electrons. The molecule has 1 heterocycles. The van der Waals surface area contributed by atoms with Gasteiger partial charge in [0.25, 0.3) is 0 Å². The minimum absolute atomic E-state index is 0.138. The zero-order chi connectivity index (χ0) is 13.2. The summed E-state index contributed by atoms with van der Waals surface area (Å²) >= 11 is 0. The van der Waals surface area contributed by atoms with Crippen LogP contribution in [-0.4, -0.2) is 23.1 Å². The van der Waals surface area contributed by atoms with Crippen LogP contribution in [0, 0.1) is 0 Å². The van der Waals surface area contributed by atoms with Gasteiger partial charge in [-0.15, -0.1) is 0 Å². The monoisotopic (exact) mass is 247 g/mol. The molecule has 0 aromatic carbocycles. The van der Waals surface area contributed by atoms with Crippen LogP contribution in [0.4, 0.5) is 5.82 Å². The first-order valence-corrected chi connectivity index (χ1v) is 6.97. The van der Waals surface area contributed by atoms with Gasteiger partial charge in [-0.2, -0.15) is 0 Å².